The van der Waals surface area contributed by atoms with Crippen molar-refractivity contribution in [3.63, 3.8) is 0 Å². The van der Waals surface area contributed by atoms with Crippen LogP contribution in [-0.2, 0) is 11.2 Å². The number of hydrogen-bond donors (Lipinski definition) is 0. The average Bonchev–Trinajstić information content (AvgIpc) is 2.85. The lowest BCUT2D eigenvalue weighted by Crippen LogP contribution is -2.37. The lowest BCUT2D eigenvalue weighted by Gasteiger charge is -2.26. The number of carbonyl (C=O) groups is 1. The van der Waals surface area contributed by atoms with E-state index in [0.29, 0.717) is 18.5 Å². The average molecular weight is 344 g/mol. The molecule has 0 radical (unpaired) electrons. The van der Waals surface area contributed by atoms with Gasteiger partial charge < -0.3 is 9.80 Å². The van der Waals surface area contributed by atoms with Crippen LogP contribution in [0.1, 0.15) is 17.5 Å². The summed E-state index contributed by atoms with van der Waals surface area (Å²) in [5.74, 6) is -0.918. The third-order valence-electron chi connectivity index (χ3n) is 4.70. The first-order chi connectivity index (χ1) is 12.6. The minimum atomic E-state index is -0.751. The highest BCUT2D eigenvalue weighted by atomic mass is 16.2. The highest BCUT2D eigenvalue weighted by molar-refractivity contribution is 5.99. The molecule has 130 valence electrons. The summed E-state index contributed by atoms with van der Waals surface area (Å²) >= 11 is 0. The normalized spacial score (nSPS) is 14.6. The van der Waals surface area contributed by atoms with E-state index in [0.717, 1.165) is 29.9 Å². The fraction of sp³-hybridized carbons (Fsp3) is 0.286. The number of para-hydroxylation sites is 2. The summed E-state index contributed by atoms with van der Waals surface area (Å²) in [5, 5.41) is 18.5. The Bertz CT molecular complexity index is 876. The van der Waals surface area contributed by atoms with Gasteiger partial charge in [0.25, 0.3) is 0 Å². The fourth-order valence-corrected chi connectivity index (χ4v) is 3.28. The molecule has 0 saturated carbocycles. The quantitative estimate of drug-likeness (QED) is 0.858. The van der Waals surface area contributed by atoms with Crippen LogP contribution in [0.3, 0.4) is 0 Å². The van der Waals surface area contributed by atoms with Gasteiger partial charge in [-0.3, -0.25) is 4.79 Å². The van der Waals surface area contributed by atoms with Gasteiger partial charge in [-0.2, -0.15) is 10.5 Å². The predicted octanol–water partition coefficient (Wildman–Crippen LogP) is 3.11. The summed E-state index contributed by atoms with van der Waals surface area (Å²) in [5.41, 5.74) is 3.31. The minimum Gasteiger partial charge on any atom is -0.373 e. The van der Waals surface area contributed by atoms with E-state index >= 15 is 0 Å². The summed E-state index contributed by atoms with van der Waals surface area (Å²) < 4.78 is 0. The summed E-state index contributed by atoms with van der Waals surface area (Å²) in [7, 11) is 2.02. The Morgan fingerprint density at radius 1 is 1.08 bits per heavy atom. The molecule has 26 heavy (non-hydrogen) atoms. The molecule has 1 aliphatic rings. The number of fused-ring (bicyclic) bond motifs is 1. The Balaban J connectivity index is 1.85. The third-order valence-corrected chi connectivity index (χ3v) is 4.70. The van der Waals surface area contributed by atoms with Crippen LogP contribution in [0.4, 0.5) is 11.4 Å². The van der Waals surface area contributed by atoms with Gasteiger partial charge in [0.2, 0.25) is 5.91 Å². The van der Waals surface area contributed by atoms with Crippen LogP contribution >= 0.6 is 0 Å². The van der Waals surface area contributed by atoms with Crippen molar-refractivity contribution in [3.8, 4) is 12.1 Å². The molecule has 0 saturated heterocycles. The highest BCUT2D eigenvalue weighted by Gasteiger charge is 2.29. The zero-order chi connectivity index (χ0) is 18.5. The Kier molecular flexibility index (Phi) is 5.20. The molecule has 0 N–H and O–H groups in total. The largest absolute Gasteiger partial charge is 0.373 e. The molecule has 0 aliphatic carbocycles. The van der Waals surface area contributed by atoms with Gasteiger partial charge >= 0.3 is 0 Å². The maximum Gasteiger partial charge on any atom is 0.244 e. The molecule has 0 fully saturated rings. The van der Waals surface area contributed by atoms with Crippen molar-refractivity contribution >= 4 is 17.3 Å². The number of carbonyl (C=O) groups excluding carboxylic acids is 1. The number of hydrogen-bond acceptors (Lipinski definition) is 4. The molecule has 1 amide bonds. The second kappa shape index (κ2) is 7.72. The zero-order valence-electron chi connectivity index (χ0n) is 14.7. The molecule has 0 aromatic heterocycles. The van der Waals surface area contributed by atoms with Crippen molar-refractivity contribution in [1.29, 1.82) is 10.5 Å². The van der Waals surface area contributed by atoms with Gasteiger partial charge in [0, 0.05) is 20.1 Å². The highest BCUT2D eigenvalue weighted by Crippen LogP contribution is 2.32. The number of amides is 1. The first kappa shape index (κ1) is 17.5. The van der Waals surface area contributed by atoms with Gasteiger partial charge in [-0.15, -0.1) is 0 Å². The molecular formula is C21H20N4O. The van der Waals surface area contributed by atoms with E-state index in [-0.39, 0.29) is 5.91 Å². The first-order valence-corrected chi connectivity index (χ1v) is 8.64. The van der Waals surface area contributed by atoms with Crippen LogP contribution in [0, 0.1) is 28.6 Å². The van der Waals surface area contributed by atoms with Crippen LogP contribution < -0.4 is 9.80 Å². The van der Waals surface area contributed by atoms with Gasteiger partial charge in [0.05, 0.1) is 29.1 Å². The number of anilines is 2. The van der Waals surface area contributed by atoms with Crippen LogP contribution in [0.5, 0.6) is 0 Å². The van der Waals surface area contributed by atoms with E-state index in [1.165, 1.54) is 0 Å². The molecule has 0 unspecified atom stereocenters. The van der Waals surface area contributed by atoms with Gasteiger partial charge in [0.1, 0.15) is 5.92 Å². The molecular weight excluding hydrogens is 324 g/mol. The SMILES string of the molecule is CN1CCCN(C(=O)[C@@H](C#N)Cc2ccc(C#N)cc2)c2ccccc21. The zero-order valence-corrected chi connectivity index (χ0v) is 14.7. The summed E-state index contributed by atoms with van der Waals surface area (Å²) in [6, 6.07) is 19.1. The standard InChI is InChI=1S/C21H20N4O/c1-24-11-4-12-25(20-6-3-2-5-19(20)24)21(26)18(15-23)13-16-7-9-17(14-22)10-8-16/h2-3,5-10,18H,4,11-13H2,1H3/t18-/m1/s1. The molecule has 0 spiro atoms. The van der Waals surface area contributed by atoms with Gasteiger partial charge in [-0.05, 0) is 42.7 Å². The van der Waals surface area contributed by atoms with Crippen LogP contribution in [0.15, 0.2) is 48.5 Å². The van der Waals surface area contributed by atoms with Crippen molar-refractivity contribution in [3.05, 3.63) is 59.7 Å². The van der Waals surface area contributed by atoms with E-state index in [1.54, 1.807) is 29.2 Å². The van der Waals surface area contributed by atoms with Crippen molar-refractivity contribution in [2.75, 3.05) is 29.9 Å². The predicted molar refractivity (Wildman–Crippen MR) is 101 cm³/mol. The van der Waals surface area contributed by atoms with Gasteiger partial charge in [-0.1, -0.05) is 24.3 Å². The number of rotatable bonds is 3. The van der Waals surface area contributed by atoms with Crippen molar-refractivity contribution in [2.45, 2.75) is 12.8 Å². The molecule has 5 heteroatoms. The van der Waals surface area contributed by atoms with Gasteiger partial charge in [-0.25, -0.2) is 0 Å². The van der Waals surface area contributed by atoms with Crippen LogP contribution in [0.25, 0.3) is 0 Å². The molecule has 2 aromatic carbocycles. The molecule has 1 aliphatic heterocycles. The maximum atomic E-state index is 13.1. The first-order valence-electron chi connectivity index (χ1n) is 8.64. The van der Waals surface area contributed by atoms with E-state index in [4.69, 9.17) is 5.26 Å². The summed E-state index contributed by atoms with van der Waals surface area (Å²) in [6.45, 7) is 1.47. The topological polar surface area (TPSA) is 71.1 Å². The van der Waals surface area contributed by atoms with Gasteiger partial charge in [0.15, 0.2) is 0 Å². The molecule has 1 heterocycles. The number of nitriles is 2. The summed E-state index contributed by atoms with van der Waals surface area (Å²) in [6.07, 6.45) is 1.20. The molecule has 1 atom stereocenters. The van der Waals surface area contributed by atoms with Crippen LogP contribution in [-0.4, -0.2) is 26.0 Å². The van der Waals surface area contributed by atoms with E-state index in [1.807, 2.05) is 31.3 Å². The maximum absolute atomic E-state index is 13.1. The minimum absolute atomic E-state index is 0.167. The molecule has 2 aromatic rings. The number of benzene rings is 2. The number of nitrogens with zero attached hydrogens (tertiary/aromatic N) is 4. The fourth-order valence-electron chi connectivity index (χ4n) is 3.28. The Morgan fingerprint density at radius 3 is 2.42 bits per heavy atom. The Labute approximate surface area is 153 Å². The van der Waals surface area contributed by atoms with E-state index in [9.17, 15) is 10.1 Å². The second-order valence-electron chi connectivity index (χ2n) is 6.45. The molecule has 3 rings (SSSR count). The second-order valence-corrected chi connectivity index (χ2v) is 6.45. The third kappa shape index (κ3) is 3.53. The Hall–Kier alpha value is -3.31. The molecule has 5 nitrogen and oxygen atoms in total. The van der Waals surface area contributed by atoms with Crippen molar-refractivity contribution in [2.24, 2.45) is 5.92 Å². The summed E-state index contributed by atoms with van der Waals surface area (Å²) in [4.78, 5) is 17.0. The molecule has 0 bridgehead atoms. The lowest BCUT2D eigenvalue weighted by molar-refractivity contribution is -0.120. The van der Waals surface area contributed by atoms with E-state index in [2.05, 4.69) is 17.0 Å². The van der Waals surface area contributed by atoms with Crippen molar-refractivity contribution < 1.29 is 4.79 Å². The smallest absolute Gasteiger partial charge is 0.244 e. The van der Waals surface area contributed by atoms with Crippen LogP contribution in [0.2, 0.25) is 0 Å². The lowest BCUT2D eigenvalue weighted by atomic mass is 9.98. The monoisotopic (exact) mass is 344 g/mol. The van der Waals surface area contributed by atoms with E-state index < -0.39 is 5.92 Å². The Morgan fingerprint density at radius 2 is 1.77 bits per heavy atom. The van der Waals surface area contributed by atoms with Crippen molar-refractivity contribution in [1.82, 2.24) is 0 Å².